The largest absolute Gasteiger partial charge is 0.269 e. The summed E-state index contributed by atoms with van der Waals surface area (Å²) in [6.07, 6.45) is 8.85. The standard InChI is InChI=1S/C29H30N2O4/c1-5-18-16-24(30-26(32)9-10-27(30)33)20(7-3)13-22(18)15-23-14-21(8-4)25(17-19(23)6-2)31-28(34)11-12-29(31)35/h9-14,16-17H,5-8,15H2,1-4H3. The molecule has 0 aliphatic carbocycles. The Morgan fingerprint density at radius 3 is 1.06 bits per heavy atom. The van der Waals surface area contributed by atoms with Crippen LogP contribution >= 0.6 is 0 Å². The molecule has 4 amide bonds. The lowest BCUT2D eigenvalue weighted by atomic mass is 9.89. The van der Waals surface area contributed by atoms with Crippen molar-refractivity contribution in [2.75, 3.05) is 9.80 Å². The Morgan fingerprint density at radius 1 is 0.457 bits per heavy atom. The first-order chi connectivity index (χ1) is 16.8. The Kier molecular flexibility index (Phi) is 6.83. The molecule has 0 spiro atoms. The van der Waals surface area contributed by atoms with Gasteiger partial charge in [-0.1, -0.05) is 39.8 Å². The molecule has 2 aliphatic rings. The van der Waals surface area contributed by atoms with Crippen LogP contribution in [0.2, 0.25) is 0 Å². The second-order valence-electron chi connectivity index (χ2n) is 8.78. The van der Waals surface area contributed by atoms with Crippen molar-refractivity contribution in [3.8, 4) is 0 Å². The minimum Gasteiger partial charge on any atom is -0.269 e. The van der Waals surface area contributed by atoms with Gasteiger partial charge in [-0.2, -0.15) is 0 Å². The molecule has 2 aromatic rings. The Labute approximate surface area is 205 Å². The van der Waals surface area contributed by atoms with E-state index in [9.17, 15) is 19.2 Å². The van der Waals surface area contributed by atoms with Gasteiger partial charge in [-0.25, -0.2) is 9.80 Å². The van der Waals surface area contributed by atoms with Crippen molar-refractivity contribution in [3.63, 3.8) is 0 Å². The molecule has 0 aromatic heterocycles. The van der Waals surface area contributed by atoms with Crippen molar-refractivity contribution in [1.29, 1.82) is 0 Å². The van der Waals surface area contributed by atoms with E-state index in [-0.39, 0.29) is 23.6 Å². The van der Waals surface area contributed by atoms with E-state index in [4.69, 9.17) is 0 Å². The number of nitrogens with zero attached hydrogens (tertiary/aromatic N) is 2. The number of benzene rings is 2. The van der Waals surface area contributed by atoms with Gasteiger partial charge < -0.3 is 0 Å². The van der Waals surface area contributed by atoms with E-state index in [1.165, 1.54) is 34.1 Å². The number of aryl methyl sites for hydroxylation is 4. The summed E-state index contributed by atoms with van der Waals surface area (Å²) in [7, 11) is 0. The normalized spacial score (nSPS) is 15.3. The van der Waals surface area contributed by atoms with Crippen LogP contribution in [0.3, 0.4) is 0 Å². The third-order valence-corrected chi connectivity index (χ3v) is 6.81. The number of rotatable bonds is 8. The van der Waals surface area contributed by atoms with E-state index in [0.29, 0.717) is 30.6 Å². The molecular formula is C29H30N2O4. The highest BCUT2D eigenvalue weighted by molar-refractivity contribution is 6.29. The summed E-state index contributed by atoms with van der Waals surface area (Å²) in [5, 5.41) is 0. The van der Waals surface area contributed by atoms with Crippen molar-refractivity contribution in [2.24, 2.45) is 0 Å². The van der Waals surface area contributed by atoms with Crippen LogP contribution in [0, 0.1) is 0 Å². The second-order valence-corrected chi connectivity index (χ2v) is 8.78. The number of carbonyl (C=O) groups is 4. The molecule has 0 saturated heterocycles. The molecule has 0 atom stereocenters. The Bertz CT molecular complexity index is 1170. The quantitative estimate of drug-likeness (QED) is 0.537. The molecule has 0 saturated carbocycles. The Morgan fingerprint density at radius 2 is 0.771 bits per heavy atom. The molecule has 6 heteroatoms. The average Bonchev–Trinajstić information content (AvgIpc) is 3.37. The molecule has 0 bridgehead atoms. The molecule has 0 radical (unpaired) electrons. The summed E-state index contributed by atoms with van der Waals surface area (Å²) < 4.78 is 0. The van der Waals surface area contributed by atoms with Gasteiger partial charge in [-0.3, -0.25) is 19.2 Å². The van der Waals surface area contributed by atoms with Gasteiger partial charge in [0.15, 0.2) is 0 Å². The average molecular weight is 471 g/mol. The molecule has 35 heavy (non-hydrogen) atoms. The van der Waals surface area contributed by atoms with Crippen LogP contribution in [-0.2, 0) is 51.3 Å². The number of carbonyl (C=O) groups excluding carboxylic acids is 4. The maximum Gasteiger partial charge on any atom is 0.258 e. The molecule has 2 aliphatic heterocycles. The van der Waals surface area contributed by atoms with Gasteiger partial charge in [-0.15, -0.1) is 0 Å². The van der Waals surface area contributed by atoms with Gasteiger partial charge in [0.05, 0.1) is 11.4 Å². The maximum absolute atomic E-state index is 12.3. The molecule has 2 heterocycles. The minimum atomic E-state index is -0.309. The number of hydrogen-bond acceptors (Lipinski definition) is 4. The third kappa shape index (κ3) is 4.36. The zero-order valence-electron chi connectivity index (χ0n) is 20.7. The second kappa shape index (κ2) is 9.82. The number of amides is 4. The summed E-state index contributed by atoms with van der Waals surface area (Å²) in [5.41, 5.74) is 7.70. The zero-order valence-corrected chi connectivity index (χ0v) is 20.7. The maximum atomic E-state index is 12.3. The van der Waals surface area contributed by atoms with E-state index in [2.05, 4.69) is 26.0 Å². The smallest absolute Gasteiger partial charge is 0.258 e. The van der Waals surface area contributed by atoms with Crippen LogP contribution in [0.25, 0.3) is 0 Å². The molecule has 6 nitrogen and oxygen atoms in total. The molecule has 0 unspecified atom stereocenters. The number of hydrogen-bond donors (Lipinski definition) is 0. The first-order valence-electron chi connectivity index (χ1n) is 12.2. The van der Waals surface area contributed by atoms with Gasteiger partial charge in [0.1, 0.15) is 0 Å². The van der Waals surface area contributed by atoms with Crippen molar-refractivity contribution in [3.05, 3.63) is 82.0 Å². The van der Waals surface area contributed by atoms with E-state index >= 15 is 0 Å². The van der Waals surface area contributed by atoms with Gasteiger partial charge in [0.25, 0.3) is 23.6 Å². The topological polar surface area (TPSA) is 74.8 Å². The van der Waals surface area contributed by atoms with Crippen molar-refractivity contribution >= 4 is 35.0 Å². The predicted octanol–water partition coefficient (Wildman–Crippen LogP) is 4.39. The van der Waals surface area contributed by atoms with Gasteiger partial charge in [0.2, 0.25) is 0 Å². The van der Waals surface area contributed by atoms with Crippen molar-refractivity contribution in [1.82, 2.24) is 0 Å². The first-order valence-corrected chi connectivity index (χ1v) is 12.2. The fraction of sp³-hybridized carbons (Fsp3) is 0.310. The first kappa shape index (κ1) is 24.3. The van der Waals surface area contributed by atoms with Crippen LogP contribution in [0.1, 0.15) is 61.1 Å². The molecular weight excluding hydrogens is 440 g/mol. The van der Waals surface area contributed by atoms with Gasteiger partial charge in [-0.05, 0) is 77.6 Å². The van der Waals surface area contributed by atoms with Gasteiger partial charge >= 0.3 is 0 Å². The molecule has 4 rings (SSSR count). The predicted molar refractivity (Wildman–Crippen MR) is 136 cm³/mol. The Balaban J connectivity index is 1.77. The van der Waals surface area contributed by atoms with Crippen LogP contribution in [-0.4, -0.2) is 23.6 Å². The fourth-order valence-electron chi connectivity index (χ4n) is 4.91. The van der Waals surface area contributed by atoms with E-state index in [1.54, 1.807) is 0 Å². The lowest BCUT2D eigenvalue weighted by Crippen LogP contribution is -2.31. The Hall–Kier alpha value is -3.80. The summed E-state index contributed by atoms with van der Waals surface area (Å²) in [6.45, 7) is 8.18. The van der Waals surface area contributed by atoms with Crippen LogP contribution in [0.15, 0.2) is 48.6 Å². The third-order valence-electron chi connectivity index (χ3n) is 6.81. The van der Waals surface area contributed by atoms with E-state index in [1.807, 2.05) is 26.0 Å². The lowest BCUT2D eigenvalue weighted by molar-refractivity contribution is -0.121. The van der Waals surface area contributed by atoms with Crippen LogP contribution < -0.4 is 9.80 Å². The minimum absolute atomic E-state index is 0.309. The summed E-state index contributed by atoms with van der Waals surface area (Å²) >= 11 is 0. The summed E-state index contributed by atoms with van der Waals surface area (Å²) in [5.74, 6) is -1.24. The zero-order chi connectivity index (χ0) is 25.3. The SMILES string of the molecule is CCc1cc(N2C(=O)C=CC2=O)c(CC)cc1Cc1cc(CC)c(N2C(=O)C=CC2=O)cc1CC. The molecule has 180 valence electrons. The van der Waals surface area contributed by atoms with Gasteiger partial charge in [0, 0.05) is 24.3 Å². The van der Waals surface area contributed by atoms with E-state index < -0.39 is 0 Å². The summed E-state index contributed by atoms with van der Waals surface area (Å²) in [6, 6.07) is 8.18. The summed E-state index contributed by atoms with van der Waals surface area (Å²) in [4.78, 5) is 51.8. The highest BCUT2D eigenvalue weighted by Gasteiger charge is 2.29. The van der Waals surface area contributed by atoms with Crippen molar-refractivity contribution < 1.29 is 19.2 Å². The molecule has 0 fully saturated rings. The number of imide groups is 2. The van der Waals surface area contributed by atoms with Crippen molar-refractivity contribution in [2.45, 2.75) is 59.8 Å². The lowest BCUT2D eigenvalue weighted by Gasteiger charge is -2.23. The van der Waals surface area contributed by atoms with E-state index in [0.717, 1.165) is 46.2 Å². The monoisotopic (exact) mass is 470 g/mol. The highest BCUT2D eigenvalue weighted by atomic mass is 16.2. The number of anilines is 2. The fourth-order valence-corrected chi connectivity index (χ4v) is 4.91. The van der Waals surface area contributed by atoms with Crippen LogP contribution in [0.5, 0.6) is 0 Å². The van der Waals surface area contributed by atoms with Crippen LogP contribution in [0.4, 0.5) is 11.4 Å². The molecule has 2 aromatic carbocycles. The molecule has 0 N–H and O–H groups in total. The highest BCUT2D eigenvalue weighted by Crippen LogP contribution is 2.33.